The number of piperidine rings is 1. The molecule has 5 nitrogen and oxygen atoms in total. The van der Waals surface area contributed by atoms with E-state index >= 15 is 0 Å². The summed E-state index contributed by atoms with van der Waals surface area (Å²) in [5.74, 6) is 0. The van der Waals surface area contributed by atoms with Crippen LogP contribution < -0.4 is 0 Å². The van der Waals surface area contributed by atoms with Gasteiger partial charge in [-0.1, -0.05) is 42.5 Å². The highest BCUT2D eigenvalue weighted by Crippen LogP contribution is 2.36. The number of benzene rings is 2. The zero-order valence-corrected chi connectivity index (χ0v) is 15.7. The smallest absolute Gasteiger partial charge is 0.385 e. The first-order chi connectivity index (χ1) is 13.9. The van der Waals surface area contributed by atoms with Crippen molar-refractivity contribution >= 4 is 0 Å². The van der Waals surface area contributed by atoms with Crippen LogP contribution in [-0.2, 0) is 18.3 Å². The van der Waals surface area contributed by atoms with Crippen molar-refractivity contribution in [1.29, 1.82) is 0 Å². The minimum atomic E-state index is -4.38. The van der Waals surface area contributed by atoms with Gasteiger partial charge in [0.1, 0.15) is 11.4 Å². The molecule has 0 amide bonds. The normalized spacial score (nSPS) is 17.4. The van der Waals surface area contributed by atoms with E-state index in [1.807, 2.05) is 30.3 Å². The molecule has 0 bridgehead atoms. The Morgan fingerprint density at radius 1 is 0.966 bits per heavy atom. The molecule has 1 saturated heterocycles. The minimum absolute atomic E-state index is 0.441. The molecule has 1 aromatic heterocycles. The SMILES string of the molecule is OC1(c2ccc(C(F)(F)F)cc2)CCN(Cc2n[nH]nc2-c2ccccc2)CC1. The Balaban J connectivity index is 1.42. The van der Waals surface area contributed by atoms with E-state index < -0.39 is 17.3 Å². The van der Waals surface area contributed by atoms with Crippen molar-refractivity contribution < 1.29 is 18.3 Å². The van der Waals surface area contributed by atoms with Gasteiger partial charge in [-0.25, -0.2) is 0 Å². The first kappa shape index (κ1) is 19.6. The van der Waals surface area contributed by atoms with Crippen molar-refractivity contribution in [2.24, 2.45) is 0 Å². The molecule has 2 aromatic carbocycles. The largest absolute Gasteiger partial charge is 0.416 e. The van der Waals surface area contributed by atoms with Crippen molar-refractivity contribution in [3.63, 3.8) is 0 Å². The van der Waals surface area contributed by atoms with E-state index in [1.54, 1.807) is 0 Å². The summed E-state index contributed by atoms with van der Waals surface area (Å²) < 4.78 is 38.3. The molecule has 0 radical (unpaired) electrons. The average Bonchev–Trinajstić information content (AvgIpc) is 3.18. The van der Waals surface area contributed by atoms with Crippen LogP contribution >= 0.6 is 0 Å². The lowest BCUT2D eigenvalue weighted by Crippen LogP contribution is -2.42. The van der Waals surface area contributed by atoms with Gasteiger partial charge >= 0.3 is 6.18 Å². The molecule has 1 aliphatic heterocycles. The van der Waals surface area contributed by atoms with Gasteiger partial charge in [-0.05, 0) is 30.5 Å². The molecule has 3 aromatic rings. The van der Waals surface area contributed by atoms with Gasteiger partial charge in [0.25, 0.3) is 0 Å². The van der Waals surface area contributed by atoms with Gasteiger partial charge in [-0.2, -0.15) is 28.6 Å². The molecule has 152 valence electrons. The second kappa shape index (κ2) is 7.61. The number of hydrogen-bond donors (Lipinski definition) is 2. The fraction of sp³-hybridized carbons (Fsp3) is 0.333. The molecule has 0 aliphatic carbocycles. The van der Waals surface area contributed by atoms with Crippen LogP contribution in [0.5, 0.6) is 0 Å². The predicted octanol–water partition coefficient (Wildman–Crippen LogP) is 3.97. The Bertz CT molecular complexity index is 946. The molecule has 1 fully saturated rings. The fourth-order valence-corrected chi connectivity index (χ4v) is 3.74. The maximum absolute atomic E-state index is 12.8. The molecule has 0 unspecified atom stereocenters. The second-order valence-corrected chi connectivity index (χ2v) is 7.37. The minimum Gasteiger partial charge on any atom is -0.385 e. The van der Waals surface area contributed by atoms with Crippen molar-refractivity contribution in [3.05, 3.63) is 71.4 Å². The Morgan fingerprint density at radius 3 is 2.24 bits per heavy atom. The lowest BCUT2D eigenvalue weighted by atomic mass is 9.84. The van der Waals surface area contributed by atoms with E-state index in [4.69, 9.17) is 0 Å². The van der Waals surface area contributed by atoms with Crippen molar-refractivity contribution in [1.82, 2.24) is 20.3 Å². The van der Waals surface area contributed by atoms with Crippen LogP contribution in [0.15, 0.2) is 54.6 Å². The fourth-order valence-electron chi connectivity index (χ4n) is 3.74. The van der Waals surface area contributed by atoms with E-state index in [1.165, 1.54) is 12.1 Å². The molecule has 2 N–H and O–H groups in total. The first-order valence-electron chi connectivity index (χ1n) is 9.43. The molecular weight excluding hydrogens is 381 g/mol. The summed E-state index contributed by atoms with van der Waals surface area (Å²) in [4.78, 5) is 2.17. The summed E-state index contributed by atoms with van der Waals surface area (Å²) in [6.07, 6.45) is -3.49. The number of aromatic nitrogens is 3. The molecule has 29 heavy (non-hydrogen) atoms. The van der Waals surface area contributed by atoms with Crippen LogP contribution in [0, 0.1) is 0 Å². The van der Waals surface area contributed by atoms with Crippen LogP contribution in [0.3, 0.4) is 0 Å². The third-order valence-corrected chi connectivity index (χ3v) is 5.47. The first-order valence-corrected chi connectivity index (χ1v) is 9.43. The lowest BCUT2D eigenvalue weighted by Gasteiger charge is -2.38. The zero-order valence-electron chi connectivity index (χ0n) is 15.7. The monoisotopic (exact) mass is 402 g/mol. The number of halogens is 3. The molecule has 1 aliphatic rings. The molecule has 4 rings (SSSR count). The molecule has 0 atom stereocenters. The van der Waals surface area contributed by atoms with Gasteiger partial charge in [0.2, 0.25) is 0 Å². The van der Waals surface area contributed by atoms with E-state index in [-0.39, 0.29) is 0 Å². The third kappa shape index (κ3) is 4.18. The molecule has 8 heteroatoms. The van der Waals surface area contributed by atoms with E-state index in [0.717, 1.165) is 29.1 Å². The summed E-state index contributed by atoms with van der Waals surface area (Å²) >= 11 is 0. The Morgan fingerprint density at radius 2 is 1.62 bits per heavy atom. The van der Waals surface area contributed by atoms with E-state index in [2.05, 4.69) is 20.3 Å². The highest BCUT2D eigenvalue weighted by atomic mass is 19.4. The van der Waals surface area contributed by atoms with Crippen LogP contribution in [-0.4, -0.2) is 38.5 Å². The van der Waals surface area contributed by atoms with Crippen molar-refractivity contribution in [2.45, 2.75) is 31.2 Å². The van der Waals surface area contributed by atoms with Crippen molar-refractivity contribution in [2.75, 3.05) is 13.1 Å². The Hall–Kier alpha value is -2.71. The molecule has 0 spiro atoms. The van der Waals surface area contributed by atoms with Crippen LogP contribution in [0.1, 0.15) is 29.7 Å². The summed E-state index contributed by atoms with van der Waals surface area (Å²) in [6, 6.07) is 14.6. The van der Waals surface area contributed by atoms with E-state index in [0.29, 0.717) is 38.0 Å². The predicted molar refractivity (Wildman–Crippen MR) is 102 cm³/mol. The molecule has 0 saturated carbocycles. The third-order valence-electron chi connectivity index (χ3n) is 5.47. The summed E-state index contributed by atoms with van der Waals surface area (Å²) in [5.41, 5.74) is 1.31. The van der Waals surface area contributed by atoms with Gasteiger partial charge in [0.15, 0.2) is 0 Å². The second-order valence-electron chi connectivity index (χ2n) is 7.37. The number of likely N-dealkylation sites (tertiary alicyclic amines) is 1. The quantitative estimate of drug-likeness (QED) is 0.693. The van der Waals surface area contributed by atoms with Gasteiger partial charge in [-0.3, -0.25) is 4.90 Å². The highest BCUT2D eigenvalue weighted by Gasteiger charge is 2.36. The Labute approximate surface area is 166 Å². The van der Waals surface area contributed by atoms with Gasteiger partial charge in [0, 0.05) is 25.2 Å². The lowest BCUT2D eigenvalue weighted by molar-refractivity contribution is -0.137. The highest BCUT2D eigenvalue weighted by molar-refractivity contribution is 5.60. The average molecular weight is 402 g/mol. The summed E-state index contributed by atoms with van der Waals surface area (Å²) in [7, 11) is 0. The zero-order chi connectivity index (χ0) is 20.5. The number of aromatic amines is 1. The van der Waals surface area contributed by atoms with Gasteiger partial charge < -0.3 is 5.11 Å². The van der Waals surface area contributed by atoms with Gasteiger partial charge in [0.05, 0.1) is 11.2 Å². The number of hydrogen-bond acceptors (Lipinski definition) is 4. The standard InChI is InChI=1S/C21H21F3N4O/c22-21(23,24)17-8-6-16(7-9-17)20(29)10-12-28(13-11-20)14-18-19(26-27-25-18)15-4-2-1-3-5-15/h1-9,29H,10-14H2,(H,25,26,27). The maximum Gasteiger partial charge on any atom is 0.416 e. The Kier molecular flexibility index (Phi) is 5.14. The maximum atomic E-state index is 12.8. The summed E-state index contributed by atoms with van der Waals surface area (Å²) in [6.45, 7) is 1.81. The number of rotatable bonds is 4. The van der Waals surface area contributed by atoms with Crippen molar-refractivity contribution in [3.8, 4) is 11.3 Å². The summed E-state index contributed by atoms with van der Waals surface area (Å²) in [5, 5.41) is 22.2. The number of alkyl halides is 3. The van der Waals surface area contributed by atoms with Crippen LogP contribution in [0.4, 0.5) is 13.2 Å². The van der Waals surface area contributed by atoms with E-state index in [9.17, 15) is 18.3 Å². The number of nitrogens with one attached hydrogen (secondary N) is 1. The van der Waals surface area contributed by atoms with Crippen LogP contribution in [0.25, 0.3) is 11.3 Å². The number of H-pyrrole nitrogens is 1. The topological polar surface area (TPSA) is 65.0 Å². The molecule has 2 heterocycles. The number of nitrogens with zero attached hydrogens (tertiary/aromatic N) is 3. The molecular formula is C21H21F3N4O. The number of aliphatic hydroxyl groups is 1. The van der Waals surface area contributed by atoms with Crippen LogP contribution in [0.2, 0.25) is 0 Å². The van der Waals surface area contributed by atoms with Gasteiger partial charge in [-0.15, -0.1) is 0 Å².